The van der Waals surface area contributed by atoms with E-state index in [2.05, 4.69) is 0 Å². The summed E-state index contributed by atoms with van der Waals surface area (Å²) in [5, 5.41) is 9.41. The number of rotatable bonds is 2. The van der Waals surface area contributed by atoms with Gasteiger partial charge < -0.3 is 9.84 Å². The molecule has 90 valence electrons. The predicted octanol–water partition coefficient (Wildman–Crippen LogP) is 2.99. The molecule has 2 aromatic rings. The molecule has 18 heavy (non-hydrogen) atoms. The molecule has 2 unspecified atom stereocenters. The van der Waals surface area contributed by atoms with Gasteiger partial charge in [-0.1, -0.05) is 48.5 Å². The van der Waals surface area contributed by atoms with Gasteiger partial charge in [-0.3, -0.25) is 4.79 Å². The number of hydrogen-bond donors (Lipinski definition) is 1. The van der Waals surface area contributed by atoms with Crippen LogP contribution >= 0.6 is 0 Å². The Hall–Kier alpha value is -2.29. The highest BCUT2D eigenvalue weighted by atomic mass is 16.5. The third kappa shape index (κ3) is 1.64. The van der Waals surface area contributed by atoms with Crippen LogP contribution in [0.25, 0.3) is 0 Å². The largest absolute Gasteiger partial charge is 0.484 e. The normalized spacial score (nSPS) is 21.1. The lowest BCUT2D eigenvalue weighted by Crippen LogP contribution is -2.18. The summed E-state index contributed by atoms with van der Waals surface area (Å²) in [5.41, 5.74) is 1.64. The number of fused-ring (bicyclic) bond motifs is 1. The van der Waals surface area contributed by atoms with Gasteiger partial charge in [0.05, 0.1) is 0 Å². The second kappa shape index (κ2) is 4.18. The lowest BCUT2D eigenvalue weighted by Gasteiger charge is -2.15. The Bertz CT molecular complexity index is 577. The zero-order valence-corrected chi connectivity index (χ0v) is 9.61. The summed E-state index contributed by atoms with van der Waals surface area (Å²) in [6.07, 6.45) is -0.443. The van der Waals surface area contributed by atoms with Gasteiger partial charge in [-0.05, 0) is 11.6 Å². The molecule has 1 aliphatic heterocycles. The van der Waals surface area contributed by atoms with Gasteiger partial charge in [0.25, 0.3) is 0 Å². The Morgan fingerprint density at radius 3 is 2.39 bits per heavy atom. The first kappa shape index (κ1) is 10.8. The second-order valence-corrected chi connectivity index (χ2v) is 4.30. The molecule has 0 aliphatic carbocycles. The summed E-state index contributed by atoms with van der Waals surface area (Å²) in [6.45, 7) is 0. The van der Waals surface area contributed by atoms with Crippen LogP contribution in [-0.4, -0.2) is 11.1 Å². The van der Waals surface area contributed by atoms with Gasteiger partial charge in [-0.2, -0.15) is 0 Å². The van der Waals surface area contributed by atoms with E-state index in [9.17, 15) is 9.90 Å². The van der Waals surface area contributed by atoms with Crippen molar-refractivity contribution in [2.24, 2.45) is 0 Å². The van der Waals surface area contributed by atoms with Crippen molar-refractivity contribution in [1.82, 2.24) is 0 Å². The number of carbonyl (C=O) groups is 1. The maximum absolute atomic E-state index is 11.5. The summed E-state index contributed by atoms with van der Waals surface area (Å²) >= 11 is 0. The molecule has 3 rings (SSSR count). The first-order valence-corrected chi connectivity index (χ1v) is 5.80. The van der Waals surface area contributed by atoms with Gasteiger partial charge >= 0.3 is 5.97 Å². The Kier molecular flexibility index (Phi) is 2.52. The van der Waals surface area contributed by atoms with Crippen molar-refractivity contribution >= 4 is 5.97 Å². The highest BCUT2D eigenvalue weighted by Gasteiger charge is 2.40. The Balaban J connectivity index is 2.06. The van der Waals surface area contributed by atoms with E-state index < -0.39 is 18.0 Å². The summed E-state index contributed by atoms with van der Waals surface area (Å²) in [7, 11) is 0. The maximum atomic E-state index is 11.5. The van der Waals surface area contributed by atoms with Crippen molar-refractivity contribution in [3.63, 3.8) is 0 Å². The van der Waals surface area contributed by atoms with Gasteiger partial charge in [0.1, 0.15) is 17.8 Å². The van der Waals surface area contributed by atoms with Crippen LogP contribution < -0.4 is 4.74 Å². The zero-order chi connectivity index (χ0) is 12.5. The Labute approximate surface area is 105 Å². The average molecular weight is 240 g/mol. The van der Waals surface area contributed by atoms with Crippen LogP contribution in [0.5, 0.6) is 5.75 Å². The lowest BCUT2D eigenvalue weighted by molar-refractivity contribution is -0.140. The van der Waals surface area contributed by atoms with Gasteiger partial charge in [-0.15, -0.1) is 0 Å². The number of aliphatic carboxylic acids is 1. The van der Waals surface area contributed by atoms with E-state index in [4.69, 9.17) is 4.74 Å². The van der Waals surface area contributed by atoms with Crippen molar-refractivity contribution in [3.05, 3.63) is 65.7 Å². The fourth-order valence-corrected chi connectivity index (χ4v) is 2.38. The van der Waals surface area contributed by atoms with Gasteiger partial charge in [0.2, 0.25) is 0 Å². The minimum absolute atomic E-state index is 0.443. The fraction of sp³-hybridized carbons (Fsp3) is 0.133. The third-order valence-corrected chi connectivity index (χ3v) is 3.20. The lowest BCUT2D eigenvalue weighted by atomic mass is 9.91. The molecule has 2 atom stereocenters. The number of ether oxygens (including phenoxy) is 1. The number of carboxylic acid groups (broad SMARTS) is 1. The average Bonchev–Trinajstić information content (AvgIpc) is 2.79. The molecule has 0 bridgehead atoms. The maximum Gasteiger partial charge on any atom is 0.315 e. The smallest absolute Gasteiger partial charge is 0.315 e. The molecule has 1 heterocycles. The molecular weight excluding hydrogens is 228 g/mol. The monoisotopic (exact) mass is 240 g/mol. The molecule has 0 aromatic heterocycles. The molecule has 3 nitrogen and oxygen atoms in total. The molecule has 0 spiro atoms. The summed E-state index contributed by atoms with van der Waals surface area (Å²) < 4.78 is 5.79. The minimum Gasteiger partial charge on any atom is -0.484 e. The van der Waals surface area contributed by atoms with Crippen molar-refractivity contribution in [3.8, 4) is 5.75 Å². The SMILES string of the molecule is O=C(O)C1c2ccccc2OC1c1ccccc1. The molecule has 0 amide bonds. The van der Waals surface area contributed by atoms with Crippen molar-refractivity contribution < 1.29 is 14.6 Å². The van der Waals surface area contributed by atoms with Gasteiger partial charge in [0.15, 0.2) is 0 Å². The number of benzene rings is 2. The quantitative estimate of drug-likeness (QED) is 0.877. The standard InChI is InChI=1S/C15H12O3/c16-15(17)13-11-8-4-5-9-12(11)18-14(13)10-6-2-1-3-7-10/h1-9,13-14H,(H,16,17). The molecule has 1 N–H and O–H groups in total. The summed E-state index contributed by atoms with van der Waals surface area (Å²) in [4.78, 5) is 11.5. The van der Waals surface area contributed by atoms with Crippen molar-refractivity contribution in [1.29, 1.82) is 0 Å². The van der Waals surface area contributed by atoms with Gasteiger partial charge in [-0.25, -0.2) is 0 Å². The van der Waals surface area contributed by atoms with Crippen LogP contribution in [0.3, 0.4) is 0 Å². The topological polar surface area (TPSA) is 46.5 Å². The highest BCUT2D eigenvalue weighted by molar-refractivity contribution is 5.79. The summed E-state index contributed by atoms with van der Waals surface area (Å²) in [6, 6.07) is 16.8. The predicted molar refractivity (Wildman–Crippen MR) is 66.6 cm³/mol. The molecule has 0 saturated carbocycles. The molecule has 1 aliphatic rings. The molecular formula is C15H12O3. The van der Waals surface area contributed by atoms with E-state index in [1.807, 2.05) is 54.6 Å². The second-order valence-electron chi connectivity index (χ2n) is 4.30. The number of hydrogen-bond acceptors (Lipinski definition) is 2. The molecule has 0 saturated heterocycles. The van der Waals surface area contributed by atoms with E-state index >= 15 is 0 Å². The van der Waals surface area contributed by atoms with Gasteiger partial charge in [0, 0.05) is 5.56 Å². The van der Waals surface area contributed by atoms with Crippen LogP contribution in [0.2, 0.25) is 0 Å². The summed E-state index contributed by atoms with van der Waals surface area (Å²) in [5.74, 6) is -0.823. The number of para-hydroxylation sites is 1. The van der Waals surface area contributed by atoms with Crippen LogP contribution in [-0.2, 0) is 4.79 Å². The van der Waals surface area contributed by atoms with Crippen LogP contribution in [0, 0.1) is 0 Å². The molecule has 0 radical (unpaired) electrons. The number of carboxylic acids is 1. The van der Waals surface area contributed by atoms with E-state index in [1.165, 1.54) is 0 Å². The molecule has 2 aromatic carbocycles. The van der Waals surface area contributed by atoms with Crippen LogP contribution in [0.4, 0.5) is 0 Å². The van der Waals surface area contributed by atoms with Crippen LogP contribution in [0.15, 0.2) is 54.6 Å². The van der Waals surface area contributed by atoms with E-state index in [1.54, 1.807) is 0 Å². The third-order valence-electron chi connectivity index (χ3n) is 3.20. The van der Waals surface area contributed by atoms with Crippen LogP contribution in [0.1, 0.15) is 23.1 Å². The van der Waals surface area contributed by atoms with E-state index in [-0.39, 0.29) is 0 Å². The molecule has 0 fully saturated rings. The highest BCUT2D eigenvalue weighted by Crippen LogP contribution is 2.45. The minimum atomic E-state index is -0.853. The fourth-order valence-electron chi connectivity index (χ4n) is 2.38. The Morgan fingerprint density at radius 2 is 1.67 bits per heavy atom. The first-order valence-electron chi connectivity index (χ1n) is 5.80. The first-order chi connectivity index (χ1) is 8.77. The Morgan fingerprint density at radius 1 is 1.00 bits per heavy atom. The van der Waals surface area contributed by atoms with Crippen molar-refractivity contribution in [2.45, 2.75) is 12.0 Å². The zero-order valence-electron chi connectivity index (χ0n) is 9.61. The molecule has 3 heteroatoms. The van der Waals surface area contributed by atoms with E-state index in [0.717, 1.165) is 11.1 Å². The van der Waals surface area contributed by atoms with E-state index in [0.29, 0.717) is 5.75 Å². The van der Waals surface area contributed by atoms with Crippen molar-refractivity contribution in [2.75, 3.05) is 0 Å².